The summed E-state index contributed by atoms with van der Waals surface area (Å²) in [5, 5.41) is 0. The zero-order valence-electron chi connectivity index (χ0n) is 19.6. The highest BCUT2D eigenvalue weighted by molar-refractivity contribution is 6.14. The highest BCUT2D eigenvalue weighted by Crippen LogP contribution is 2.35. The molecule has 0 unspecified atom stereocenters. The van der Waals surface area contributed by atoms with Crippen molar-refractivity contribution in [3.05, 3.63) is 58.7 Å². The van der Waals surface area contributed by atoms with Crippen LogP contribution in [0.25, 0.3) is 12.2 Å². The number of Topliss-reactive ketones (excluding diaryl/α,β-unsaturated/α-hetero) is 1. The molecule has 0 aliphatic heterocycles. The summed E-state index contributed by atoms with van der Waals surface area (Å²) in [5.74, 6) is 3.18. The first-order valence-corrected chi connectivity index (χ1v) is 11.1. The number of allylic oxidation sites excluding steroid dienone is 2. The van der Waals surface area contributed by atoms with E-state index in [0.29, 0.717) is 42.1 Å². The molecule has 0 bridgehead atoms. The second-order valence-electron chi connectivity index (χ2n) is 7.87. The van der Waals surface area contributed by atoms with Crippen LogP contribution < -0.4 is 18.9 Å². The third-order valence-corrected chi connectivity index (χ3v) is 5.38. The summed E-state index contributed by atoms with van der Waals surface area (Å²) in [7, 11) is 3.24. The maximum absolute atomic E-state index is 13.3. The molecule has 32 heavy (non-hydrogen) atoms. The van der Waals surface area contributed by atoms with E-state index >= 15 is 0 Å². The maximum atomic E-state index is 13.3. The summed E-state index contributed by atoms with van der Waals surface area (Å²) >= 11 is 0. The molecule has 1 aliphatic carbocycles. The largest absolute Gasteiger partial charge is 0.493 e. The predicted molar refractivity (Wildman–Crippen MR) is 128 cm³/mol. The van der Waals surface area contributed by atoms with Gasteiger partial charge >= 0.3 is 0 Å². The van der Waals surface area contributed by atoms with Crippen LogP contribution in [0.1, 0.15) is 44.7 Å². The molecule has 0 aromatic heterocycles. The van der Waals surface area contributed by atoms with Crippen molar-refractivity contribution in [2.24, 2.45) is 5.92 Å². The van der Waals surface area contributed by atoms with E-state index in [2.05, 4.69) is 6.92 Å². The third-order valence-electron chi connectivity index (χ3n) is 5.38. The molecule has 5 heteroatoms. The Balaban J connectivity index is 1.91. The minimum absolute atomic E-state index is 0.0869. The first-order chi connectivity index (χ1) is 15.5. The van der Waals surface area contributed by atoms with Crippen molar-refractivity contribution in [1.29, 1.82) is 0 Å². The Morgan fingerprint density at radius 1 is 0.781 bits per heavy atom. The molecule has 0 saturated heterocycles. The lowest BCUT2D eigenvalue weighted by molar-refractivity contribution is -0.113. The topological polar surface area (TPSA) is 54.0 Å². The van der Waals surface area contributed by atoms with Gasteiger partial charge < -0.3 is 18.9 Å². The molecule has 0 radical (unpaired) electrons. The van der Waals surface area contributed by atoms with E-state index in [4.69, 9.17) is 18.9 Å². The van der Waals surface area contributed by atoms with Gasteiger partial charge in [-0.2, -0.15) is 0 Å². The first-order valence-electron chi connectivity index (χ1n) is 11.1. The van der Waals surface area contributed by atoms with E-state index in [-0.39, 0.29) is 5.78 Å². The SMILES string of the molecule is CCOc1ccc(/C=C2\CC(C)C/C(=C\c3ccc(OCC)c(OC)c3)C2=O)cc1OC. The number of ether oxygens (including phenoxy) is 4. The van der Waals surface area contributed by atoms with E-state index in [1.54, 1.807) is 14.2 Å². The first kappa shape index (κ1) is 23.5. The van der Waals surface area contributed by atoms with Crippen LogP contribution in [0.3, 0.4) is 0 Å². The fourth-order valence-corrected chi connectivity index (χ4v) is 3.96. The molecule has 1 fully saturated rings. The van der Waals surface area contributed by atoms with E-state index in [1.807, 2.05) is 62.4 Å². The van der Waals surface area contributed by atoms with Gasteiger partial charge in [0.05, 0.1) is 27.4 Å². The van der Waals surface area contributed by atoms with Gasteiger partial charge in [0.1, 0.15) is 0 Å². The van der Waals surface area contributed by atoms with Crippen molar-refractivity contribution in [3.8, 4) is 23.0 Å². The minimum Gasteiger partial charge on any atom is -0.493 e. The van der Waals surface area contributed by atoms with E-state index in [0.717, 1.165) is 35.1 Å². The maximum Gasteiger partial charge on any atom is 0.185 e. The molecule has 5 nitrogen and oxygen atoms in total. The molecule has 1 aliphatic rings. The summed E-state index contributed by atoms with van der Waals surface area (Å²) in [6.45, 7) is 7.18. The van der Waals surface area contributed by atoms with Crippen LogP contribution in [0.15, 0.2) is 47.5 Å². The molecule has 0 spiro atoms. The molecule has 0 atom stereocenters. The average molecular weight is 437 g/mol. The lowest BCUT2D eigenvalue weighted by Crippen LogP contribution is -2.18. The van der Waals surface area contributed by atoms with Gasteiger partial charge in [0.25, 0.3) is 0 Å². The fraction of sp³-hybridized carbons (Fsp3) is 0.370. The van der Waals surface area contributed by atoms with Crippen LogP contribution >= 0.6 is 0 Å². The molecule has 2 aromatic rings. The molecular weight excluding hydrogens is 404 g/mol. The zero-order valence-corrected chi connectivity index (χ0v) is 19.6. The number of ketones is 1. The van der Waals surface area contributed by atoms with Gasteiger partial charge in [0.2, 0.25) is 0 Å². The van der Waals surface area contributed by atoms with Crippen molar-refractivity contribution < 1.29 is 23.7 Å². The summed E-state index contributed by atoms with van der Waals surface area (Å²) in [6.07, 6.45) is 5.42. The van der Waals surface area contributed by atoms with Crippen LogP contribution in [0, 0.1) is 5.92 Å². The molecule has 170 valence electrons. The Bertz CT molecular complexity index is 939. The second kappa shape index (κ2) is 10.9. The molecule has 2 aromatic carbocycles. The zero-order chi connectivity index (χ0) is 23.1. The van der Waals surface area contributed by atoms with Crippen LogP contribution in [-0.4, -0.2) is 33.2 Å². The van der Waals surface area contributed by atoms with Crippen molar-refractivity contribution in [3.63, 3.8) is 0 Å². The van der Waals surface area contributed by atoms with Crippen molar-refractivity contribution in [1.82, 2.24) is 0 Å². The summed E-state index contributed by atoms with van der Waals surface area (Å²) < 4.78 is 22.1. The number of methoxy groups -OCH3 is 2. The smallest absolute Gasteiger partial charge is 0.185 e. The van der Waals surface area contributed by atoms with Crippen LogP contribution in [0.2, 0.25) is 0 Å². The van der Waals surface area contributed by atoms with Crippen molar-refractivity contribution in [2.45, 2.75) is 33.6 Å². The fourth-order valence-electron chi connectivity index (χ4n) is 3.96. The van der Waals surface area contributed by atoms with Gasteiger partial charge in [-0.3, -0.25) is 4.79 Å². The number of carbonyl (C=O) groups excluding carboxylic acids is 1. The third kappa shape index (κ3) is 5.52. The molecule has 0 N–H and O–H groups in total. The lowest BCUT2D eigenvalue weighted by atomic mass is 9.81. The summed E-state index contributed by atoms with van der Waals surface area (Å²) in [6, 6.07) is 11.5. The Kier molecular flexibility index (Phi) is 7.98. The summed E-state index contributed by atoms with van der Waals surface area (Å²) in [5.41, 5.74) is 3.45. The van der Waals surface area contributed by atoms with E-state index in [9.17, 15) is 4.79 Å². The number of hydrogen-bond donors (Lipinski definition) is 0. The standard InChI is InChI=1S/C27H32O5/c1-6-31-23-10-8-19(16-25(23)29-4)14-21-12-18(3)13-22(27(21)28)15-20-9-11-24(32-7-2)26(17-20)30-5/h8-11,14-18H,6-7,12-13H2,1-5H3/b21-14+,22-15+. The quantitative estimate of drug-likeness (QED) is 0.478. The minimum atomic E-state index is 0.0869. The number of carbonyl (C=O) groups is 1. The number of benzene rings is 2. The van der Waals surface area contributed by atoms with Crippen LogP contribution in [0.5, 0.6) is 23.0 Å². The van der Waals surface area contributed by atoms with Gasteiger partial charge in [-0.1, -0.05) is 19.1 Å². The Labute approximate surface area is 190 Å². The van der Waals surface area contributed by atoms with Gasteiger partial charge in [0, 0.05) is 11.1 Å². The van der Waals surface area contributed by atoms with Gasteiger partial charge in [-0.25, -0.2) is 0 Å². The number of rotatable bonds is 8. The van der Waals surface area contributed by atoms with Crippen molar-refractivity contribution in [2.75, 3.05) is 27.4 Å². The highest BCUT2D eigenvalue weighted by atomic mass is 16.5. The van der Waals surface area contributed by atoms with Crippen LogP contribution in [0.4, 0.5) is 0 Å². The van der Waals surface area contributed by atoms with Crippen molar-refractivity contribution >= 4 is 17.9 Å². The van der Waals surface area contributed by atoms with Gasteiger partial charge in [-0.05, 0) is 80.2 Å². The molecule has 0 heterocycles. The molecular formula is C27H32O5. The van der Waals surface area contributed by atoms with Gasteiger partial charge in [0.15, 0.2) is 28.8 Å². The Morgan fingerprint density at radius 3 is 1.59 bits per heavy atom. The monoisotopic (exact) mass is 436 g/mol. The number of hydrogen-bond acceptors (Lipinski definition) is 5. The highest BCUT2D eigenvalue weighted by Gasteiger charge is 2.25. The van der Waals surface area contributed by atoms with Crippen LogP contribution in [-0.2, 0) is 4.79 Å². The average Bonchev–Trinajstić information content (AvgIpc) is 2.79. The Hall–Kier alpha value is -3.21. The lowest BCUT2D eigenvalue weighted by Gasteiger charge is -2.23. The summed E-state index contributed by atoms with van der Waals surface area (Å²) in [4.78, 5) is 13.3. The van der Waals surface area contributed by atoms with E-state index in [1.165, 1.54) is 0 Å². The molecule has 1 saturated carbocycles. The van der Waals surface area contributed by atoms with Gasteiger partial charge in [-0.15, -0.1) is 0 Å². The molecule has 3 rings (SSSR count). The van der Waals surface area contributed by atoms with E-state index < -0.39 is 0 Å². The molecule has 0 amide bonds. The predicted octanol–water partition coefficient (Wildman–Crippen LogP) is 5.97. The Morgan fingerprint density at radius 2 is 1.22 bits per heavy atom. The second-order valence-corrected chi connectivity index (χ2v) is 7.87. The normalized spacial score (nSPS) is 18.7.